The Morgan fingerprint density at radius 3 is 2.69 bits per heavy atom. The van der Waals surface area contributed by atoms with Gasteiger partial charge in [-0.25, -0.2) is 4.98 Å². The van der Waals surface area contributed by atoms with E-state index in [4.69, 9.17) is 14.5 Å². The second-order valence-electron chi connectivity index (χ2n) is 7.12. The van der Waals surface area contributed by atoms with Crippen LogP contribution in [-0.4, -0.2) is 35.6 Å². The first-order valence-corrected chi connectivity index (χ1v) is 8.98. The average Bonchev–Trinajstić information content (AvgIpc) is 2.62. The summed E-state index contributed by atoms with van der Waals surface area (Å²) in [5.41, 5.74) is 4.01. The van der Waals surface area contributed by atoms with Gasteiger partial charge in [0.2, 0.25) is 0 Å². The van der Waals surface area contributed by atoms with Crippen LogP contribution in [0, 0.1) is 6.92 Å². The van der Waals surface area contributed by atoms with Crippen molar-refractivity contribution in [2.24, 2.45) is 0 Å². The van der Waals surface area contributed by atoms with Crippen molar-refractivity contribution in [2.75, 3.05) is 20.8 Å². The highest BCUT2D eigenvalue weighted by Gasteiger charge is 2.23. The van der Waals surface area contributed by atoms with Gasteiger partial charge in [-0.3, -0.25) is 9.69 Å². The van der Waals surface area contributed by atoms with E-state index in [1.54, 1.807) is 14.2 Å². The molecule has 0 aliphatic carbocycles. The molecule has 0 spiro atoms. The number of H-pyrrole nitrogens is 1. The van der Waals surface area contributed by atoms with Gasteiger partial charge in [-0.15, -0.1) is 0 Å². The first kappa shape index (κ1) is 18.5. The highest BCUT2D eigenvalue weighted by atomic mass is 16.5. The van der Waals surface area contributed by atoms with E-state index in [0.29, 0.717) is 13.0 Å². The maximum Gasteiger partial charge on any atom is 0.254 e. The SMILES string of the molecule is COc1cc(C)c(CN2CCc3c(nc(C(C)C)[nH]c3=O)C2)c(OC)c1. The van der Waals surface area contributed by atoms with Gasteiger partial charge in [0.15, 0.2) is 0 Å². The lowest BCUT2D eigenvalue weighted by atomic mass is 10.0. The lowest BCUT2D eigenvalue weighted by Gasteiger charge is -2.29. The van der Waals surface area contributed by atoms with Crippen molar-refractivity contribution in [3.63, 3.8) is 0 Å². The van der Waals surface area contributed by atoms with Crippen LogP contribution in [0.25, 0.3) is 0 Å². The minimum atomic E-state index is 0.0107. The summed E-state index contributed by atoms with van der Waals surface area (Å²) < 4.78 is 10.9. The molecule has 0 amide bonds. The second kappa shape index (κ2) is 7.50. The quantitative estimate of drug-likeness (QED) is 0.891. The van der Waals surface area contributed by atoms with Crippen molar-refractivity contribution in [1.29, 1.82) is 0 Å². The number of nitrogens with one attached hydrogen (secondary N) is 1. The molecule has 0 atom stereocenters. The Hall–Kier alpha value is -2.34. The predicted octanol–water partition coefficient (Wildman–Crippen LogP) is 2.78. The van der Waals surface area contributed by atoms with Gasteiger partial charge in [-0.05, 0) is 25.0 Å². The number of benzene rings is 1. The van der Waals surface area contributed by atoms with Crippen LogP contribution >= 0.6 is 0 Å². The molecule has 3 rings (SSSR count). The van der Waals surface area contributed by atoms with Gasteiger partial charge in [0.1, 0.15) is 17.3 Å². The van der Waals surface area contributed by atoms with E-state index in [2.05, 4.69) is 16.8 Å². The normalized spacial score (nSPS) is 14.4. The van der Waals surface area contributed by atoms with Crippen LogP contribution in [0.15, 0.2) is 16.9 Å². The number of nitrogens with zero attached hydrogens (tertiary/aromatic N) is 2. The van der Waals surface area contributed by atoms with E-state index >= 15 is 0 Å². The Morgan fingerprint density at radius 1 is 1.27 bits per heavy atom. The fourth-order valence-electron chi connectivity index (χ4n) is 3.40. The zero-order valence-electron chi connectivity index (χ0n) is 16.2. The van der Waals surface area contributed by atoms with Crippen LogP contribution in [-0.2, 0) is 19.5 Å². The smallest absolute Gasteiger partial charge is 0.254 e. The summed E-state index contributed by atoms with van der Waals surface area (Å²) in [6.45, 7) is 8.40. The molecular formula is C20H27N3O3. The summed E-state index contributed by atoms with van der Waals surface area (Å²) in [5.74, 6) is 2.58. The fourth-order valence-corrected chi connectivity index (χ4v) is 3.40. The van der Waals surface area contributed by atoms with Gasteiger partial charge in [-0.1, -0.05) is 13.8 Å². The molecule has 0 unspecified atom stereocenters. The molecule has 140 valence electrons. The van der Waals surface area contributed by atoms with Gasteiger partial charge in [0, 0.05) is 42.7 Å². The second-order valence-corrected chi connectivity index (χ2v) is 7.12. The highest BCUT2D eigenvalue weighted by Crippen LogP contribution is 2.30. The van der Waals surface area contributed by atoms with Gasteiger partial charge in [0.05, 0.1) is 19.9 Å². The first-order chi connectivity index (χ1) is 12.4. The molecule has 0 saturated heterocycles. The van der Waals surface area contributed by atoms with E-state index in [-0.39, 0.29) is 11.5 Å². The average molecular weight is 357 g/mol. The van der Waals surface area contributed by atoms with Crippen LogP contribution in [0.4, 0.5) is 0 Å². The Kier molecular flexibility index (Phi) is 5.32. The fraction of sp³-hybridized carbons (Fsp3) is 0.500. The number of fused-ring (bicyclic) bond motifs is 1. The maximum absolute atomic E-state index is 12.3. The third kappa shape index (κ3) is 3.60. The van der Waals surface area contributed by atoms with E-state index < -0.39 is 0 Å². The Labute approximate surface area is 154 Å². The molecule has 2 heterocycles. The molecule has 6 nitrogen and oxygen atoms in total. The van der Waals surface area contributed by atoms with Crippen LogP contribution in [0.3, 0.4) is 0 Å². The minimum Gasteiger partial charge on any atom is -0.497 e. The standard InChI is InChI=1S/C20H27N3O3/c1-12(2)19-21-17-11-23(7-6-15(17)20(24)22-19)10-16-13(3)8-14(25-4)9-18(16)26-5/h8-9,12H,6-7,10-11H2,1-5H3,(H,21,22,24). The van der Waals surface area contributed by atoms with Crippen LogP contribution in [0.2, 0.25) is 0 Å². The predicted molar refractivity (Wildman–Crippen MR) is 101 cm³/mol. The summed E-state index contributed by atoms with van der Waals surface area (Å²) in [6.07, 6.45) is 0.716. The third-order valence-corrected chi connectivity index (χ3v) is 4.96. The highest BCUT2D eigenvalue weighted by molar-refractivity contribution is 5.46. The van der Waals surface area contributed by atoms with Gasteiger partial charge >= 0.3 is 0 Å². The van der Waals surface area contributed by atoms with E-state index in [0.717, 1.165) is 52.8 Å². The van der Waals surface area contributed by atoms with Crippen molar-refractivity contribution < 1.29 is 9.47 Å². The topological polar surface area (TPSA) is 67.5 Å². The number of ether oxygens (including phenoxy) is 2. The molecule has 1 N–H and O–H groups in total. The van der Waals surface area contributed by atoms with Crippen LogP contribution in [0.5, 0.6) is 11.5 Å². The summed E-state index contributed by atoms with van der Waals surface area (Å²) in [7, 11) is 3.34. The van der Waals surface area contributed by atoms with Crippen molar-refractivity contribution in [2.45, 2.75) is 46.2 Å². The van der Waals surface area contributed by atoms with E-state index in [1.807, 2.05) is 26.0 Å². The largest absolute Gasteiger partial charge is 0.497 e. The van der Waals surface area contributed by atoms with Gasteiger partial charge in [-0.2, -0.15) is 0 Å². The number of aryl methyl sites for hydroxylation is 1. The first-order valence-electron chi connectivity index (χ1n) is 8.98. The Morgan fingerprint density at radius 2 is 2.04 bits per heavy atom. The van der Waals surface area contributed by atoms with Gasteiger partial charge in [0.25, 0.3) is 5.56 Å². The molecule has 26 heavy (non-hydrogen) atoms. The molecule has 0 saturated carbocycles. The maximum atomic E-state index is 12.3. The van der Waals surface area contributed by atoms with Crippen LogP contribution < -0.4 is 15.0 Å². The Balaban J connectivity index is 1.87. The number of rotatable bonds is 5. The lowest BCUT2D eigenvalue weighted by molar-refractivity contribution is 0.235. The molecule has 1 aliphatic rings. The lowest BCUT2D eigenvalue weighted by Crippen LogP contribution is -2.35. The molecule has 1 aliphatic heterocycles. The number of hydrogen-bond donors (Lipinski definition) is 1. The molecule has 2 aromatic rings. The zero-order chi connectivity index (χ0) is 18.8. The van der Waals surface area contributed by atoms with Gasteiger partial charge < -0.3 is 14.5 Å². The third-order valence-electron chi connectivity index (χ3n) is 4.96. The van der Waals surface area contributed by atoms with Crippen molar-refractivity contribution in [3.8, 4) is 11.5 Å². The molecule has 1 aromatic carbocycles. The Bertz CT molecular complexity index is 858. The van der Waals surface area contributed by atoms with E-state index in [9.17, 15) is 4.79 Å². The van der Waals surface area contributed by atoms with Crippen molar-refractivity contribution >= 4 is 0 Å². The molecule has 6 heteroatoms. The molecular weight excluding hydrogens is 330 g/mol. The molecule has 0 fully saturated rings. The summed E-state index contributed by atoms with van der Waals surface area (Å²) in [6, 6.07) is 3.94. The summed E-state index contributed by atoms with van der Waals surface area (Å²) >= 11 is 0. The molecule has 0 radical (unpaired) electrons. The number of aromatic amines is 1. The monoisotopic (exact) mass is 357 g/mol. The summed E-state index contributed by atoms with van der Waals surface area (Å²) in [4.78, 5) is 22.3. The van der Waals surface area contributed by atoms with Crippen molar-refractivity contribution in [1.82, 2.24) is 14.9 Å². The number of hydrogen-bond acceptors (Lipinski definition) is 5. The zero-order valence-corrected chi connectivity index (χ0v) is 16.2. The number of methoxy groups -OCH3 is 2. The minimum absolute atomic E-state index is 0.0107. The van der Waals surface area contributed by atoms with E-state index in [1.165, 1.54) is 0 Å². The summed E-state index contributed by atoms with van der Waals surface area (Å²) in [5, 5.41) is 0. The molecule has 1 aromatic heterocycles. The number of aromatic nitrogens is 2. The molecule has 0 bridgehead atoms. The van der Waals surface area contributed by atoms with Crippen LogP contribution in [0.1, 0.15) is 48.0 Å². The van der Waals surface area contributed by atoms with Crippen molar-refractivity contribution in [3.05, 3.63) is 50.7 Å².